The molecule has 0 saturated carbocycles. The van der Waals surface area contributed by atoms with Gasteiger partial charge in [-0.25, -0.2) is 4.79 Å². The monoisotopic (exact) mass is 252 g/mol. The van der Waals surface area contributed by atoms with Crippen molar-refractivity contribution in [3.8, 4) is 5.75 Å². The molecule has 0 radical (unpaired) electrons. The van der Waals surface area contributed by atoms with Crippen LogP contribution in [0.3, 0.4) is 0 Å². The fourth-order valence-electron chi connectivity index (χ4n) is 1.59. The summed E-state index contributed by atoms with van der Waals surface area (Å²) in [6, 6.07) is 5.49. The van der Waals surface area contributed by atoms with Crippen molar-refractivity contribution in [1.29, 1.82) is 0 Å². The van der Waals surface area contributed by atoms with Crippen LogP contribution in [0.25, 0.3) is 0 Å². The lowest BCUT2D eigenvalue weighted by atomic mass is 10.1. The number of carbonyl (C=O) groups excluding carboxylic acids is 1. The highest BCUT2D eigenvalue weighted by molar-refractivity contribution is 5.74. The van der Waals surface area contributed by atoms with Crippen LogP contribution < -0.4 is 4.74 Å². The molecule has 1 rings (SSSR count). The first kappa shape index (κ1) is 14.5. The summed E-state index contributed by atoms with van der Waals surface area (Å²) in [5, 5.41) is 9.65. The predicted octanol–water partition coefficient (Wildman–Crippen LogP) is 2.38. The third-order valence-electron chi connectivity index (χ3n) is 2.54. The lowest BCUT2D eigenvalue weighted by Crippen LogP contribution is -2.26. The Morgan fingerprint density at radius 3 is 2.61 bits per heavy atom. The maximum absolute atomic E-state index is 11.5. The minimum Gasteiger partial charge on any atom is -0.479 e. The van der Waals surface area contributed by atoms with Crippen molar-refractivity contribution in [3.05, 3.63) is 29.3 Å². The molecule has 1 aromatic carbocycles. The number of hydrogen-bond acceptors (Lipinski definition) is 4. The van der Waals surface area contributed by atoms with Gasteiger partial charge in [0, 0.05) is 5.56 Å². The van der Waals surface area contributed by atoms with Gasteiger partial charge in [-0.3, -0.25) is 0 Å². The van der Waals surface area contributed by atoms with Crippen molar-refractivity contribution in [2.24, 2.45) is 0 Å². The van der Waals surface area contributed by atoms with Gasteiger partial charge < -0.3 is 14.6 Å². The second-order valence-corrected chi connectivity index (χ2v) is 4.23. The summed E-state index contributed by atoms with van der Waals surface area (Å²) in [6.45, 7) is 7.29. The van der Waals surface area contributed by atoms with Gasteiger partial charge in [0.25, 0.3) is 0 Å². The van der Waals surface area contributed by atoms with Crippen molar-refractivity contribution in [2.75, 3.05) is 6.61 Å². The number of rotatable bonds is 5. The van der Waals surface area contributed by atoms with Crippen LogP contribution in [-0.2, 0) is 9.53 Å². The molecule has 4 nitrogen and oxygen atoms in total. The maximum atomic E-state index is 11.5. The van der Waals surface area contributed by atoms with Crippen LogP contribution in [0.1, 0.15) is 38.0 Å². The minimum absolute atomic E-state index is 0.323. The van der Waals surface area contributed by atoms with Crippen molar-refractivity contribution < 1.29 is 19.4 Å². The van der Waals surface area contributed by atoms with Gasteiger partial charge in [0.05, 0.1) is 12.7 Å². The fraction of sp³-hybridized carbons (Fsp3) is 0.500. The van der Waals surface area contributed by atoms with Crippen LogP contribution in [0, 0.1) is 6.92 Å². The highest BCUT2D eigenvalue weighted by Crippen LogP contribution is 2.27. The van der Waals surface area contributed by atoms with Gasteiger partial charge in [0.15, 0.2) is 6.10 Å². The van der Waals surface area contributed by atoms with E-state index in [-0.39, 0.29) is 0 Å². The molecule has 2 atom stereocenters. The molecular formula is C14H20O4. The Hall–Kier alpha value is -1.55. The number of aliphatic hydroxyl groups is 1. The van der Waals surface area contributed by atoms with E-state index in [1.807, 2.05) is 13.0 Å². The Balaban J connectivity index is 2.88. The van der Waals surface area contributed by atoms with Crippen LogP contribution in [-0.4, -0.2) is 23.8 Å². The van der Waals surface area contributed by atoms with Gasteiger partial charge in [-0.15, -0.1) is 0 Å². The van der Waals surface area contributed by atoms with Gasteiger partial charge in [-0.1, -0.05) is 12.1 Å². The zero-order valence-electron chi connectivity index (χ0n) is 11.3. The Labute approximate surface area is 108 Å². The zero-order valence-corrected chi connectivity index (χ0v) is 11.3. The molecule has 0 bridgehead atoms. The number of ether oxygens (including phenoxy) is 2. The molecule has 0 spiro atoms. The Bertz CT molecular complexity index is 412. The van der Waals surface area contributed by atoms with Gasteiger partial charge in [-0.05, 0) is 39.3 Å². The molecule has 1 N–H and O–H groups in total. The highest BCUT2D eigenvalue weighted by atomic mass is 16.6. The van der Waals surface area contributed by atoms with Gasteiger partial charge >= 0.3 is 5.97 Å². The number of hydrogen-bond donors (Lipinski definition) is 1. The molecule has 100 valence electrons. The standard InChI is InChI=1S/C14H20O4/c1-5-17-14(16)11(4)18-13-8-9(2)6-7-12(13)10(3)15/h6-8,10-11,15H,5H2,1-4H3. The Morgan fingerprint density at radius 1 is 1.39 bits per heavy atom. The zero-order chi connectivity index (χ0) is 13.7. The van der Waals surface area contributed by atoms with Crippen molar-refractivity contribution in [2.45, 2.75) is 39.9 Å². The average Bonchev–Trinajstić information content (AvgIpc) is 2.28. The molecule has 0 heterocycles. The van der Waals surface area contributed by atoms with E-state index in [0.717, 1.165) is 5.56 Å². The van der Waals surface area contributed by atoms with E-state index >= 15 is 0 Å². The first-order chi connectivity index (χ1) is 8.45. The molecule has 0 aliphatic heterocycles. The van der Waals surface area contributed by atoms with E-state index in [1.165, 1.54) is 0 Å². The van der Waals surface area contributed by atoms with Gasteiger partial charge in [0.2, 0.25) is 0 Å². The lowest BCUT2D eigenvalue weighted by molar-refractivity contribution is -0.150. The summed E-state index contributed by atoms with van der Waals surface area (Å²) in [5.41, 5.74) is 1.67. The van der Waals surface area contributed by atoms with E-state index in [2.05, 4.69) is 0 Å². The largest absolute Gasteiger partial charge is 0.479 e. The van der Waals surface area contributed by atoms with E-state index in [1.54, 1.807) is 32.9 Å². The normalized spacial score (nSPS) is 13.8. The highest BCUT2D eigenvalue weighted by Gasteiger charge is 2.18. The summed E-state index contributed by atoms with van der Waals surface area (Å²) in [7, 11) is 0. The Morgan fingerprint density at radius 2 is 2.06 bits per heavy atom. The third kappa shape index (κ3) is 3.74. The van der Waals surface area contributed by atoms with Crippen molar-refractivity contribution in [1.82, 2.24) is 0 Å². The van der Waals surface area contributed by atoms with Crippen LogP contribution >= 0.6 is 0 Å². The van der Waals surface area contributed by atoms with E-state index in [9.17, 15) is 9.90 Å². The van der Waals surface area contributed by atoms with Gasteiger partial charge in [0.1, 0.15) is 5.75 Å². The molecule has 0 amide bonds. The van der Waals surface area contributed by atoms with Gasteiger partial charge in [-0.2, -0.15) is 0 Å². The molecule has 0 fully saturated rings. The summed E-state index contributed by atoms with van der Waals surface area (Å²) < 4.78 is 10.4. The van der Waals surface area contributed by atoms with Crippen LogP contribution in [0.15, 0.2) is 18.2 Å². The smallest absolute Gasteiger partial charge is 0.347 e. The quantitative estimate of drug-likeness (QED) is 0.817. The predicted molar refractivity (Wildman–Crippen MR) is 68.5 cm³/mol. The number of esters is 1. The number of aliphatic hydroxyl groups excluding tert-OH is 1. The second kappa shape index (κ2) is 6.40. The van der Waals surface area contributed by atoms with E-state index in [4.69, 9.17) is 9.47 Å². The molecular weight excluding hydrogens is 232 g/mol. The number of carbonyl (C=O) groups is 1. The van der Waals surface area contributed by atoms with Crippen molar-refractivity contribution in [3.63, 3.8) is 0 Å². The van der Waals surface area contributed by atoms with Crippen LogP contribution in [0.5, 0.6) is 5.75 Å². The molecule has 4 heteroatoms. The number of aryl methyl sites for hydroxylation is 1. The fourth-order valence-corrected chi connectivity index (χ4v) is 1.59. The number of benzene rings is 1. The molecule has 1 aromatic rings. The topological polar surface area (TPSA) is 55.8 Å². The van der Waals surface area contributed by atoms with E-state index in [0.29, 0.717) is 17.9 Å². The summed E-state index contributed by atoms with van der Waals surface area (Å²) >= 11 is 0. The second-order valence-electron chi connectivity index (χ2n) is 4.23. The summed E-state index contributed by atoms with van der Waals surface area (Å²) in [6.07, 6.45) is -1.33. The SMILES string of the molecule is CCOC(=O)C(C)Oc1cc(C)ccc1C(C)O. The molecule has 0 saturated heterocycles. The minimum atomic E-state index is -0.691. The molecule has 0 aromatic heterocycles. The maximum Gasteiger partial charge on any atom is 0.347 e. The molecule has 0 aliphatic carbocycles. The first-order valence-electron chi connectivity index (χ1n) is 6.07. The summed E-state index contributed by atoms with van der Waals surface area (Å²) in [5.74, 6) is 0.112. The van der Waals surface area contributed by atoms with Crippen LogP contribution in [0.4, 0.5) is 0 Å². The average molecular weight is 252 g/mol. The summed E-state index contributed by atoms with van der Waals surface area (Å²) in [4.78, 5) is 11.5. The first-order valence-corrected chi connectivity index (χ1v) is 6.07. The molecule has 0 aliphatic rings. The van der Waals surface area contributed by atoms with Crippen molar-refractivity contribution >= 4 is 5.97 Å². The Kier molecular flexibility index (Phi) is 5.16. The molecule has 18 heavy (non-hydrogen) atoms. The van der Waals surface area contributed by atoms with E-state index < -0.39 is 18.2 Å². The third-order valence-corrected chi connectivity index (χ3v) is 2.54. The molecule has 2 unspecified atom stereocenters. The lowest BCUT2D eigenvalue weighted by Gasteiger charge is -2.18. The van der Waals surface area contributed by atoms with Crippen LogP contribution in [0.2, 0.25) is 0 Å².